The van der Waals surface area contributed by atoms with Crippen molar-refractivity contribution in [3.63, 3.8) is 0 Å². The molecule has 1 N–H and O–H groups in total. The Morgan fingerprint density at radius 3 is 2.67 bits per heavy atom. The van der Waals surface area contributed by atoms with Crippen LogP contribution in [0.4, 0.5) is 10.5 Å². The Labute approximate surface area is 126 Å². The zero-order chi connectivity index (χ0) is 15.2. The fourth-order valence-electron chi connectivity index (χ4n) is 2.25. The van der Waals surface area contributed by atoms with E-state index in [-0.39, 0.29) is 6.03 Å². The summed E-state index contributed by atoms with van der Waals surface area (Å²) >= 11 is 0. The van der Waals surface area contributed by atoms with Crippen LogP contribution in [-0.2, 0) is 0 Å². The second kappa shape index (κ2) is 7.20. The van der Waals surface area contributed by atoms with E-state index >= 15 is 0 Å². The van der Waals surface area contributed by atoms with Gasteiger partial charge in [0, 0.05) is 19.2 Å². The van der Waals surface area contributed by atoms with Crippen LogP contribution < -0.4 is 14.8 Å². The number of methoxy groups -OCH3 is 2. The molecule has 21 heavy (non-hydrogen) atoms. The summed E-state index contributed by atoms with van der Waals surface area (Å²) in [6, 6.07) is 5.31. The zero-order valence-electron chi connectivity index (χ0n) is 13.0. The molecule has 0 spiro atoms. The van der Waals surface area contributed by atoms with Crippen molar-refractivity contribution in [3.8, 4) is 11.5 Å². The maximum atomic E-state index is 12.4. The maximum absolute atomic E-state index is 12.4. The summed E-state index contributed by atoms with van der Waals surface area (Å²) < 4.78 is 10.5. The lowest BCUT2D eigenvalue weighted by Crippen LogP contribution is -2.37. The Bertz CT molecular complexity index is 486. The molecule has 0 aromatic heterocycles. The first-order valence-corrected chi connectivity index (χ1v) is 7.45. The van der Waals surface area contributed by atoms with E-state index < -0.39 is 0 Å². The molecule has 0 bridgehead atoms. The molecule has 0 aliphatic heterocycles. The Morgan fingerprint density at radius 1 is 1.33 bits per heavy atom. The summed E-state index contributed by atoms with van der Waals surface area (Å²) in [5, 5.41) is 2.94. The number of ether oxygens (including phenoxy) is 2. The highest BCUT2D eigenvalue weighted by atomic mass is 16.5. The molecule has 0 atom stereocenters. The van der Waals surface area contributed by atoms with Crippen LogP contribution in [0.1, 0.15) is 26.2 Å². The minimum Gasteiger partial charge on any atom is -0.497 e. The molecule has 0 radical (unpaired) electrons. The number of amides is 2. The number of hydrogen-bond donors (Lipinski definition) is 1. The van der Waals surface area contributed by atoms with Crippen LogP contribution in [0, 0.1) is 5.92 Å². The zero-order valence-corrected chi connectivity index (χ0v) is 13.0. The minimum atomic E-state index is -0.0628. The van der Waals surface area contributed by atoms with Gasteiger partial charge in [-0.2, -0.15) is 0 Å². The Morgan fingerprint density at radius 2 is 2.10 bits per heavy atom. The van der Waals surface area contributed by atoms with Crippen molar-refractivity contribution in [1.82, 2.24) is 4.90 Å². The molecule has 0 saturated heterocycles. The van der Waals surface area contributed by atoms with E-state index in [2.05, 4.69) is 12.2 Å². The minimum absolute atomic E-state index is 0.0628. The van der Waals surface area contributed by atoms with Crippen molar-refractivity contribution in [1.29, 1.82) is 0 Å². The molecule has 5 nitrogen and oxygen atoms in total. The van der Waals surface area contributed by atoms with Crippen LogP contribution in [0.2, 0.25) is 0 Å². The number of nitrogens with zero attached hydrogens (tertiary/aromatic N) is 1. The summed E-state index contributed by atoms with van der Waals surface area (Å²) in [7, 11) is 3.18. The van der Waals surface area contributed by atoms with Gasteiger partial charge in [-0.15, -0.1) is 0 Å². The lowest BCUT2D eigenvalue weighted by atomic mass is 10.2. The molecule has 2 rings (SSSR count). The van der Waals surface area contributed by atoms with E-state index in [1.165, 1.54) is 12.8 Å². The lowest BCUT2D eigenvalue weighted by Gasteiger charge is -2.23. The van der Waals surface area contributed by atoms with Gasteiger partial charge in [-0.05, 0) is 37.3 Å². The van der Waals surface area contributed by atoms with Gasteiger partial charge >= 0.3 is 6.03 Å². The topological polar surface area (TPSA) is 50.8 Å². The third kappa shape index (κ3) is 4.28. The summed E-state index contributed by atoms with van der Waals surface area (Å²) in [5.41, 5.74) is 0.667. The predicted octanol–water partition coefficient (Wildman–Crippen LogP) is 3.36. The predicted molar refractivity (Wildman–Crippen MR) is 83.2 cm³/mol. The third-order valence-electron chi connectivity index (χ3n) is 3.61. The highest BCUT2D eigenvalue weighted by Gasteiger charge is 2.26. The quantitative estimate of drug-likeness (QED) is 0.838. The Balaban J connectivity index is 2.05. The fourth-order valence-corrected chi connectivity index (χ4v) is 2.25. The van der Waals surface area contributed by atoms with Gasteiger partial charge in [0.1, 0.15) is 11.5 Å². The van der Waals surface area contributed by atoms with Crippen molar-refractivity contribution in [2.24, 2.45) is 5.92 Å². The van der Waals surface area contributed by atoms with Gasteiger partial charge in [0.25, 0.3) is 0 Å². The van der Waals surface area contributed by atoms with Gasteiger partial charge in [-0.3, -0.25) is 0 Å². The molecule has 1 saturated carbocycles. The molecule has 1 aliphatic rings. The van der Waals surface area contributed by atoms with Crippen molar-refractivity contribution in [2.75, 3.05) is 32.6 Å². The first-order valence-electron chi connectivity index (χ1n) is 7.45. The maximum Gasteiger partial charge on any atom is 0.321 e. The number of rotatable bonds is 7. The highest BCUT2D eigenvalue weighted by Crippen LogP contribution is 2.31. The molecule has 1 aromatic rings. The molecule has 0 heterocycles. The van der Waals surface area contributed by atoms with Crippen LogP contribution in [0.25, 0.3) is 0 Å². The largest absolute Gasteiger partial charge is 0.497 e. The first-order chi connectivity index (χ1) is 10.2. The number of hydrogen-bond acceptors (Lipinski definition) is 3. The first kappa shape index (κ1) is 15.5. The summed E-state index contributed by atoms with van der Waals surface area (Å²) in [6.45, 7) is 3.71. The van der Waals surface area contributed by atoms with Gasteiger partial charge in [0.2, 0.25) is 0 Å². The van der Waals surface area contributed by atoms with Gasteiger partial charge in [-0.1, -0.05) is 6.92 Å². The van der Waals surface area contributed by atoms with E-state index in [9.17, 15) is 4.79 Å². The number of nitrogens with one attached hydrogen (secondary N) is 1. The van der Waals surface area contributed by atoms with Crippen molar-refractivity contribution in [2.45, 2.75) is 26.2 Å². The van der Waals surface area contributed by atoms with Crippen molar-refractivity contribution in [3.05, 3.63) is 18.2 Å². The smallest absolute Gasteiger partial charge is 0.321 e. The van der Waals surface area contributed by atoms with Crippen LogP contribution in [0.15, 0.2) is 18.2 Å². The molecular formula is C16H24N2O3. The number of carbonyl (C=O) groups excluding carboxylic acids is 1. The lowest BCUT2D eigenvalue weighted by molar-refractivity contribution is 0.209. The van der Waals surface area contributed by atoms with Crippen molar-refractivity contribution < 1.29 is 14.3 Å². The molecule has 1 aliphatic carbocycles. The Hall–Kier alpha value is -1.91. The third-order valence-corrected chi connectivity index (χ3v) is 3.61. The molecule has 2 amide bonds. The summed E-state index contributed by atoms with van der Waals surface area (Å²) in [4.78, 5) is 14.3. The van der Waals surface area contributed by atoms with Gasteiger partial charge in [0.05, 0.1) is 19.9 Å². The van der Waals surface area contributed by atoms with E-state index in [1.54, 1.807) is 26.4 Å². The van der Waals surface area contributed by atoms with Crippen LogP contribution in [0.3, 0.4) is 0 Å². The second-order valence-electron chi connectivity index (χ2n) is 5.39. The molecule has 0 unspecified atom stereocenters. The molecular weight excluding hydrogens is 268 g/mol. The SMILES string of the molecule is CCCN(CC1CC1)C(=O)Nc1ccc(OC)cc1OC. The van der Waals surface area contributed by atoms with Crippen LogP contribution >= 0.6 is 0 Å². The average molecular weight is 292 g/mol. The van der Waals surface area contributed by atoms with Gasteiger partial charge in [0.15, 0.2) is 0 Å². The van der Waals surface area contributed by atoms with E-state index in [4.69, 9.17) is 9.47 Å². The van der Waals surface area contributed by atoms with E-state index in [1.807, 2.05) is 11.0 Å². The number of carbonyl (C=O) groups is 1. The van der Waals surface area contributed by atoms with Gasteiger partial charge < -0.3 is 19.7 Å². The molecule has 116 valence electrons. The van der Waals surface area contributed by atoms with Gasteiger partial charge in [-0.25, -0.2) is 4.79 Å². The molecule has 1 aromatic carbocycles. The fraction of sp³-hybridized carbons (Fsp3) is 0.562. The number of benzene rings is 1. The second-order valence-corrected chi connectivity index (χ2v) is 5.39. The van der Waals surface area contributed by atoms with Crippen LogP contribution in [-0.4, -0.2) is 38.2 Å². The normalized spacial score (nSPS) is 13.7. The summed E-state index contributed by atoms with van der Waals surface area (Å²) in [5.74, 6) is 1.99. The van der Waals surface area contributed by atoms with Crippen LogP contribution in [0.5, 0.6) is 11.5 Å². The molecule has 5 heteroatoms. The average Bonchev–Trinajstić information content (AvgIpc) is 3.31. The number of anilines is 1. The van der Waals surface area contributed by atoms with E-state index in [0.29, 0.717) is 23.1 Å². The molecule has 1 fully saturated rings. The monoisotopic (exact) mass is 292 g/mol. The standard InChI is InChI=1S/C16H24N2O3/c1-4-9-18(11-12-5-6-12)16(19)17-14-8-7-13(20-2)10-15(14)21-3/h7-8,10,12H,4-6,9,11H2,1-3H3,(H,17,19). The number of urea groups is 1. The van der Waals surface area contributed by atoms with Crippen molar-refractivity contribution >= 4 is 11.7 Å². The van der Waals surface area contributed by atoms with E-state index in [0.717, 1.165) is 19.5 Å². The Kier molecular flexibility index (Phi) is 5.31. The highest BCUT2D eigenvalue weighted by molar-refractivity contribution is 5.91. The summed E-state index contributed by atoms with van der Waals surface area (Å²) in [6.07, 6.45) is 3.43.